The lowest BCUT2D eigenvalue weighted by Gasteiger charge is -2.38. The van der Waals surface area contributed by atoms with Gasteiger partial charge in [0.25, 0.3) is 5.96 Å². The van der Waals surface area contributed by atoms with Gasteiger partial charge in [-0.2, -0.15) is 14.9 Å². The van der Waals surface area contributed by atoms with E-state index in [9.17, 15) is 8.78 Å². The van der Waals surface area contributed by atoms with E-state index in [0.717, 1.165) is 12.0 Å². The first-order valence-corrected chi connectivity index (χ1v) is 11.2. The van der Waals surface area contributed by atoms with E-state index in [1.165, 1.54) is 36.1 Å². The van der Waals surface area contributed by atoms with Crippen LogP contribution in [0, 0.1) is 24.0 Å². The average Bonchev–Trinajstić information content (AvgIpc) is 3.40. The Balaban J connectivity index is 1.72. The first kappa shape index (κ1) is 23.1. The zero-order valence-electron chi connectivity index (χ0n) is 19.8. The van der Waals surface area contributed by atoms with Gasteiger partial charge in [0.2, 0.25) is 0 Å². The lowest BCUT2D eigenvalue weighted by atomic mass is 9.66. The summed E-state index contributed by atoms with van der Waals surface area (Å²) in [4.78, 5) is 12.7. The summed E-state index contributed by atoms with van der Waals surface area (Å²) in [6.07, 6.45) is 2.67. The smallest absolute Gasteiger partial charge is 0.228 e. The molecular formula is C25H24F3N7. The molecule has 2 atom stereocenters. The molecule has 0 unspecified atom stereocenters. The maximum Gasteiger partial charge on any atom is 0.252 e. The lowest BCUT2D eigenvalue weighted by molar-refractivity contribution is 0.237. The van der Waals surface area contributed by atoms with E-state index in [4.69, 9.17) is 0 Å². The van der Waals surface area contributed by atoms with Gasteiger partial charge in [-0.25, -0.2) is 28.1 Å². The second-order valence-electron chi connectivity index (χ2n) is 9.52. The summed E-state index contributed by atoms with van der Waals surface area (Å²) >= 11 is 0. The summed E-state index contributed by atoms with van der Waals surface area (Å²) in [5, 5.41) is 12.8. The Morgan fingerprint density at radius 3 is 2.51 bits per heavy atom. The highest BCUT2D eigenvalue weighted by Gasteiger charge is 2.66. The molecule has 180 valence electrons. The van der Waals surface area contributed by atoms with Crippen molar-refractivity contribution in [2.75, 3.05) is 0 Å². The van der Waals surface area contributed by atoms with Gasteiger partial charge in [-0.15, -0.1) is 5.10 Å². The van der Waals surface area contributed by atoms with Gasteiger partial charge in [0.15, 0.2) is 0 Å². The van der Waals surface area contributed by atoms with Crippen molar-refractivity contribution in [3.63, 3.8) is 0 Å². The van der Waals surface area contributed by atoms with Crippen LogP contribution in [0.2, 0.25) is 0 Å². The van der Waals surface area contributed by atoms with Gasteiger partial charge in [-0.3, -0.25) is 0 Å². The minimum atomic E-state index is -0.921. The van der Waals surface area contributed by atoms with Gasteiger partial charge < -0.3 is 0 Å². The van der Waals surface area contributed by atoms with Crippen molar-refractivity contribution in [3.05, 3.63) is 70.8 Å². The molecule has 2 heterocycles. The van der Waals surface area contributed by atoms with Gasteiger partial charge in [0.1, 0.15) is 29.6 Å². The van der Waals surface area contributed by atoms with Crippen LogP contribution in [0.4, 0.5) is 13.2 Å². The molecule has 1 saturated carbocycles. The third-order valence-electron chi connectivity index (χ3n) is 7.59. The van der Waals surface area contributed by atoms with E-state index >= 15 is 4.39 Å². The third kappa shape index (κ3) is 3.11. The predicted molar refractivity (Wildman–Crippen MR) is 126 cm³/mol. The molecule has 35 heavy (non-hydrogen) atoms. The van der Waals surface area contributed by atoms with Crippen LogP contribution in [0.15, 0.2) is 52.1 Å². The number of aliphatic imine (C=N–C) groups is 2. The first-order chi connectivity index (χ1) is 16.6. The number of rotatable bonds is 3. The van der Waals surface area contributed by atoms with Gasteiger partial charge in [-0.05, 0) is 68.5 Å². The number of hydrogen-bond acceptors (Lipinski definition) is 5. The molecule has 0 saturated heterocycles. The van der Waals surface area contributed by atoms with E-state index in [1.54, 1.807) is 13.0 Å². The maximum absolute atomic E-state index is 15.3. The zero-order chi connectivity index (χ0) is 25.1. The van der Waals surface area contributed by atoms with E-state index < -0.39 is 28.3 Å². The van der Waals surface area contributed by atoms with Crippen LogP contribution >= 0.6 is 0 Å². The standard InChI is InChI=1S/C25H24F3N7/c1-13(26)21(32-23(29-5)35-14(2)30-12-31-35)25-10-9-16(24(25,3)4)15-11-19(33-34-22(15)25)20-17(27)7-6-8-18(20)28/h6-8,11-12,16H,5,9-10H2,1-4H3/b21-13+,32-23+/t16-,25-/m0/s1. The second kappa shape index (κ2) is 7.93. The number of fused-ring (bicyclic) bond motifs is 5. The summed E-state index contributed by atoms with van der Waals surface area (Å²) in [5.41, 5.74) is -0.0213. The van der Waals surface area contributed by atoms with E-state index in [-0.39, 0.29) is 28.8 Å². The molecule has 7 nitrogen and oxygen atoms in total. The quantitative estimate of drug-likeness (QED) is 0.378. The molecule has 5 rings (SSSR count). The number of benzene rings is 1. The van der Waals surface area contributed by atoms with Crippen LogP contribution in [0.25, 0.3) is 11.3 Å². The zero-order valence-corrected chi connectivity index (χ0v) is 19.8. The second-order valence-corrected chi connectivity index (χ2v) is 9.52. The highest BCUT2D eigenvalue weighted by Crippen LogP contribution is 2.70. The van der Waals surface area contributed by atoms with Gasteiger partial charge >= 0.3 is 0 Å². The number of nitrogens with zero attached hydrogens (tertiary/aromatic N) is 7. The highest BCUT2D eigenvalue weighted by molar-refractivity contribution is 5.87. The molecule has 0 aliphatic heterocycles. The molecule has 0 radical (unpaired) electrons. The summed E-state index contributed by atoms with van der Waals surface area (Å²) in [6, 6.07) is 5.35. The molecule has 2 bridgehead atoms. The van der Waals surface area contributed by atoms with Gasteiger partial charge in [-0.1, -0.05) is 19.9 Å². The number of aryl methyl sites for hydroxylation is 1. The summed E-state index contributed by atoms with van der Waals surface area (Å²) in [6.45, 7) is 10.7. The number of hydrogen-bond donors (Lipinski definition) is 0. The van der Waals surface area contributed by atoms with Crippen molar-refractivity contribution in [1.29, 1.82) is 0 Å². The van der Waals surface area contributed by atoms with Crippen molar-refractivity contribution in [2.45, 2.75) is 51.9 Å². The molecule has 2 aliphatic carbocycles. The Bertz CT molecular complexity index is 1400. The third-order valence-corrected chi connectivity index (χ3v) is 7.59. The molecule has 3 aromatic rings. The molecular weight excluding hydrogens is 455 g/mol. The van der Waals surface area contributed by atoms with Crippen molar-refractivity contribution in [2.24, 2.45) is 15.4 Å². The first-order valence-electron chi connectivity index (χ1n) is 11.2. The largest absolute Gasteiger partial charge is 0.252 e. The predicted octanol–water partition coefficient (Wildman–Crippen LogP) is 5.28. The normalized spacial score (nSPS) is 23.3. The molecule has 1 aromatic carbocycles. The molecule has 2 aromatic heterocycles. The minimum Gasteiger partial charge on any atom is -0.228 e. The summed E-state index contributed by atoms with van der Waals surface area (Å²) in [5.74, 6) is -1.34. The van der Waals surface area contributed by atoms with Crippen LogP contribution in [-0.2, 0) is 5.41 Å². The van der Waals surface area contributed by atoms with E-state index in [1.807, 2.05) is 13.8 Å². The van der Waals surface area contributed by atoms with Crippen molar-refractivity contribution in [1.82, 2.24) is 25.0 Å². The molecule has 10 heteroatoms. The molecule has 2 aliphatic rings. The van der Waals surface area contributed by atoms with E-state index in [2.05, 4.69) is 37.0 Å². The fourth-order valence-electron chi connectivity index (χ4n) is 5.92. The fraction of sp³-hybridized carbons (Fsp3) is 0.360. The summed E-state index contributed by atoms with van der Waals surface area (Å²) < 4.78 is 45.6. The van der Waals surface area contributed by atoms with Gasteiger partial charge in [0, 0.05) is 0 Å². The Morgan fingerprint density at radius 2 is 1.91 bits per heavy atom. The maximum atomic E-state index is 15.3. The molecule has 0 spiro atoms. The van der Waals surface area contributed by atoms with E-state index in [0.29, 0.717) is 17.9 Å². The highest BCUT2D eigenvalue weighted by atomic mass is 19.1. The van der Waals surface area contributed by atoms with Crippen LogP contribution in [0.1, 0.15) is 56.6 Å². The number of aromatic nitrogens is 5. The SMILES string of the molecule is C=N/C(=N\C(=C(/C)F)[C@@]12CC[C@@H](c3cc(-c4c(F)cccc4F)nnc31)C2(C)C)n1ncnc1C. The van der Waals surface area contributed by atoms with Gasteiger partial charge in [0.05, 0.1) is 28.1 Å². The minimum absolute atomic E-state index is 0.0284. The Labute approximate surface area is 200 Å². The Morgan fingerprint density at radius 1 is 1.20 bits per heavy atom. The number of allylic oxidation sites excluding steroid dienone is 2. The monoisotopic (exact) mass is 479 g/mol. The lowest BCUT2D eigenvalue weighted by Crippen LogP contribution is -2.38. The van der Waals surface area contributed by atoms with Crippen LogP contribution < -0.4 is 0 Å². The van der Waals surface area contributed by atoms with Crippen LogP contribution in [-0.4, -0.2) is 37.6 Å². The Kier molecular flexibility index (Phi) is 5.23. The topological polar surface area (TPSA) is 81.2 Å². The molecule has 0 amide bonds. The Hall–Kier alpha value is -3.69. The fourth-order valence-corrected chi connectivity index (χ4v) is 5.92. The summed E-state index contributed by atoms with van der Waals surface area (Å²) in [7, 11) is 0. The van der Waals surface area contributed by atoms with Crippen LogP contribution in [0.5, 0.6) is 0 Å². The molecule has 0 N–H and O–H groups in total. The molecule has 1 fully saturated rings. The van der Waals surface area contributed by atoms with Crippen molar-refractivity contribution < 1.29 is 13.2 Å². The van der Waals surface area contributed by atoms with Crippen molar-refractivity contribution >= 4 is 12.7 Å². The number of halogens is 3. The van der Waals surface area contributed by atoms with Crippen molar-refractivity contribution in [3.8, 4) is 11.3 Å². The average molecular weight is 480 g/mol. The van der Waals surface area contributed by atoms with Crippen LogP contribution in [0.3, 0.4) is 0 Å².